The molecule has 3 aromatic rings. The summed E-state index contributed by atoms with van der Waals surface area (Å²) in [4.78, 5) is 39.5. The Morgan fingerprint density at radius 3 is 2.39 bits per heavy atom. The van der Waals surface area contributed by atoms with E-state index in [1.165, 1.54) is 6.07 Å². The number of para-hydroxylation sites is 1. The van der Waals surface area contributed by atoms with Gasteiger partial charge in [-0.1, -0.05) is 48.5 Å². The van der Waals surface area contributed by atoms with Crippen LogP contribution in [-0.2, 0) is 16.2 Å². The predicted octanol–water partition coefficient (Wildman–Crippen LogP) is 3.37. The number of amides is 3. The van der Waals surface area contributed by atoms with Gasteiger partial charge >= 0.3 is 5.91 Å². The smallest absolute Gasteiger partial charge is 0.305 e. The molecule has 2 aromatic carbocycles. The second kappa shape index (κ2) is 10.5. The molecule has 0 spiro atoms. The maximum Gasteiger partial charge on any atom is 0.305 e. The number of benzene rings is 2. The Morgan fingerprint density at radius 1 is 0.939 bits per heavy atom. The number of carbonyl (C=O) groups excluding carboxylic acids is 3. The van der Waals surface area contributed by atoms with Gasteiger partial charge in [0.05, 0.1) is 0 Å². The zero-order valence-electron chi connectivity index (χ0n) is 18.0. The van der Waals surface area contributed by atoms with Crippen molar-refractivity contribution in [3.63, 3.8) is 0 Å². The zero-order chi connectivity index (χ0) is 23.0. The molecule has 170 valence electrons. The monoisotopic (exact) mass is 447 g/mol. The van der Waals surface area contributed by atoms with Gasteiger partial charge in [0.2, 0.25) is 5.91 Å². The molecule has 1 fully saturated rings. The summed E-state index contributed by atoms with van der Waals surface area (Å²) in [6.07, 6.45) is 2.04. The third-order valence-corrected chi connectivity index (χ3v) is 5.34. The van der Waals surface area contributed by atoms with E-state index < -0.39 is 17.9 Å². The van der Waals surface area contributed by atoms with E-state index in [0.717, 1.165) is 12.8 Å². The molecule has 2 N–H and O–H groups in total. The highest BCUT2D eigenvalue weighted by Gasteiger charge is 2.33. The lowest BCUT2D eigenvalue weighted by atomic mass is 10.0. The minimum Gasteiger partial charge on any atom is -0.486 e. The van der Waals surface area contributed by atoms with Gasteiger partial charge in [-0.25, -0.2) is 0 Å². The van der Waals surface area contributed by atoms with Gasteiger partial charge in [-0.3, -0.25) is 25.2 Å². The van der Waals surface area contributed by atoms with Crippen molar-refractivity contribution in [2.45, 2.75) is 31.9 Å². The predicted molar refractivity (Wildman–Crippen MR) is 120 cm³/mol. The second-order valence-corrected chi connectivity index (χ2v) is 7.67. The highest BCUT2D eigenvalue weighted by atomic mass is 16.5. The largest absolute Gasteiger partial charge is 0.486 e. The summed E-state index contributed by atoms with van der Waals surface area (Å²) in [5, 5.41) is 0. The fraction of sp³-hybridized carbons (Fsp3) is 0.240. The molecule has 1 aromatic heterocycles. The molecule has 8 nitrogen and oxygen atoms in total. The van der Waals surface area contributed by atoms with Crippen molar-refractivity contribution in [3.8, 4) is 5.75 Å². The van der Waals surface area contributed by atoms with Crippen molar-refractivity contribution < 1.29 is 23.5 Å². The van der Waals surface area contributed by atoms with E-state index in [2.05, 4.69) is 10.9 Å². The molecule has 1 unspecified atom stereocenters. The van der Waals surface area contributed by atoms with Gasteiger partial charge in [0.1, 0.15) is 24.2 Å². The van der Waals surface area contributed by atoms with E-state index in [0.29, 0.717) is 30.0 Å². The van der Waals surface area contributed by atoms with E-state index in [-0.39, 0.29) is 18.3 Å². The van der Waals surface area contributed by atoms with Crippen LogP contribution in [-0.4, -0.2) is 29.2 Å². The third-order valence-electron chi connectivity index (χ3n) is 5.34. The van der Waals surface area contributed by atoms with Crippen molar-refractivity contribution >= 4 is 17.7 Å². The van der Waals surface area contributed by atoms with Crippen LogP contribution < -0.4 is 15.6 Å². The van der Waals surface area contributed by atoms with Crippen LogP contribution >= 0.6 is 0 Å². The Hall–Kier alpha value is -4.07. The molecular formula is C25H25N3O5. The summed E-state index contributed by atoms with van der Waals surface area (Å²) in [5.74, 6) is 0.0100. The molecule has 0 bridgehead atoms. The number of ether oxygens (including phenoxy) is 1. The number of furan rings is 1. The van der Waals surface area contributed by atoms with Gasteiger partial charge in [-0.15, -0.1) is 0 Å². The molecule has 1 saturated heterocycles. The standard InChI is InChI=1S/C25H25N3O5/c29-22-13-7-8-16-28(22)23(18-9-3-1-4-10-18)25(31)27-26-24(30)21-15-14-20(33-21)17-32-19-11-5-2-6-12-19/h1-6,9-12,14-15,23H,7-8,13,16-17H2,(H,26,30)(H,27,31). The topological polar surface area (TPSA) is 101 Å². The van der Waals surface area contributed by atoms with Crippen molar-refractivity contribution in [3.05, 3.63) is 89.9 Å². The molecule has 4 rings (SSSR count). The minimum absolute atomic E-state index is 0.0345. The van der Waals surface area contributed by atoms with Crippen LogP contribution in [0.15, 0.2) is 77.2 Å². The number of likely N-dealkylation sites (tertiary alicyclic amines) is 1. The number of carbonyl (C=O) groups is 3. The fourth-order valence-electron chi connectivity index (χ4n) is 3.70. The molecule has 0 saturated carbocycles. The van der Waals surface area contributed by atoms with E-state index in [9.17, 15) is 14.4 Å². The van der Waals surface area contributed by atoms with Crippen LogP contribution in [0.4, 0.5) is 0 Å². The van der Waals surface area contributed by atoms with Crippen molar-refractivity contribution in [1.82, 2.24) is 15.8 Å². The number of piperidine rings is 1. The van der Waals surface area contributed by atoms with Crippen LogP contribution in [0.3, 0.4) is 0 Å². The molecule has 0 radical (unpaired) electrons. The molecule has 1 aliphatic rings. The Bertz CT molecular complexity index is 1100. The van der Waals surface area contributed by atoms with E-state index in [4.69, 9.17) is 9.15 Å². The number of rotatable bonds is 7. The van der Waals surface area contributed by atoms with Crippen molar-refractivity contribution in [2.24, 2.45) is 0 Å². The molecule has 0 aliphatic carbocycles. The van der Waals surface area contributed by atoms with Gasteiger partial charge in [0.25, 0.3) is 5.91 Å². The van der Waals surface area contributed by atoms with Crippen LogP contribution in [0.5, 0.6) is 5.75 Å². The lowest BCUT2D eigenvalue weighted by molar-refractivity contribution is -0.143. The summed E-state index contributed by atoms with van der Waals surface area (Å²) in [6, 6.07) is 20.6. The van der Waals surface area contributed by atoms with Crippen molar-refractivity contribution in [2.75, 3.05) is 6.54 Å². The van der Waals surface area contributed by atoms with Crippen LogP contribution in [0.25, 0.3) is 0 Å². The first-order chi connectivity index (χ1) is 16.1. The highest BCUT2D eigenvalue weighted by Crippen LogP contribution is 2.25. The third kappa shape index (κ3) is 5.60. The fourth-order valence-corrected chi connectivity index (χ4v) is 3.70. The molecule has 33 heavy (non-hydrogen) atoms. The van der Waals surface area contributed by atoms with Crippen LogP contribution in [0.2, 0.25) is 0 Å². The first-order valence-corrected chi connectivity index (χ1v) is 10.8. The Labute approximate surface area is 191 Å². The van der Waals surface area contributed by atoms with Gasteiger partial charge in [0, 0.05) is 13.0 Å². The van der Waals surface area contributed by atoms with Gasteiger partial charge in [0.15, 0.2) is 5.76 Å². The maximum absolute atomic E-state index is 13.0. The minimum atomic E-state index is -0.828. The van der Waals surface area contributed by atoms with Crippen molar-refractivity contribution in [1.29, 1.82) is 0 Å². The molecule has 1 atom stereocenters. The Balaban J connectivity index is 1.37. The summed E-state index contributed by atoms with van der Waals surface area (Å²) in [7, 11) is 0. The lowest BCUT2D eigenvalue weighted by Gasteiger charge is -2.34. The molecule has 3 amide bonds. The average Bonchev–Trinajstić information content (AvgIpc) is 3.33. The number of nitrogens with zero attached hydrogens (tertiary/aromatic N) is 1. The molecule has 1 aliphatic heterocycles. The second-order valence-electron chi connectivity index (χ2n) is 7.67. The van der Waals surface area contributed by atoms with Crippen LogP contribution in [0, 0.1) is 0 Å². The van der Waals surface area contributed by atoms with E-state index in [1.807, 2.05) is 48.5 Å². The normalized spacial score (nSPS) is 14.4. The summed E-state index contributed by atoms with van der Waals surface area (Å²) >= 11 is 0. The van der Waals surface area contributed by atoms with Gasteiger partial charge in [-0.2, -0.15) is 0 Å². The Morgan fingerprint density at radius 2 is 1.67 bits per heavy atom. The number of hydrogen-bond donors (Lipinski definition) is 2. The SMILES string of the molecule is O=C(NNC(=O)C(c1ccccc1)N1CCCCC1=O)c1ccc(COc2ccccc2)o1. The average molecular weight is 447 g/mol. The molecule has 8 heteroatoms. The lowest BCUT2D eigenvalue weighted by Crippen LogP contribution is -2.50. The van der Waals surface area contributed by atoms with Gasteiger partial charge < -0.3 is 14.1 Å². The molecular weight excluding hydrogens is 422 g/mol. The number of nitrogens with one attached hydrogen (secondary N) is 2. The summed E-state index contributed by atoms with van der Waals surface area (Å²) in [6.45, 7) is 0.652. The van der Waals surface area contributed by atoms with Crippen LogP contribution in [0.1, 0.15) is 47.2 Å². The summed E-state index contributed by atoms with van der Waals surface area (Å²) in [5.41, 5.74) is 5.50. The highest BCUT2D eigenvalue weighted by molar-refractivity contribution is 5.94. The zero-order valence-corrected chi connectivity index (χ0v) is 18.0. The first kappa shape index (κ1) is 22.1. The van der Waals surface area contributed by atoms with Gasteiger partial charge in [-0.05, 0) is 42.7 Å². The quantitative estimate of drug-likeness (QED) is 0.541. The van der Waals surface area contributed by atoms with E-state index >= 15 is 0 Å². The molecule has 2 heterocycles. The first-order valence-electron chi connectivity index (χ1n) is 10.8. The number of hydrogen-bond acceptors (Lipinski definition) is 5. The van der Waals surface area contributed by atoms with E-state index in [1.54, 1.807) is 23.1 Å². The maximum atomic E-state index is 13.0. The Kier molecular flexibility index (Phi) is 7.04. The summed E-state index contributed by atoms with van der Waals surface area (Å²) < 4.78 is 11.1. The number of hydrazine groups is 1.